The van der Waals surface area contributed by atoms with E-state index in [9.17, 15) is 0 Å². The van der Waals surface area contributed by atoms with Crippen molar-refractivity contribution in [1.29, 1.82) is 0 Å². The highest BCUT2D eigenvalue weighted by Crippen LogP contribution is 2.23. The second-order valence-electron chi connectivity index (χ2n) is 6.00. The topological polar surface area (TPSA) is 50.7 Å². The molecule has 0 saturated carbocycles. The Bertz CT molecular complexity index is 489. The molecule has 0 aromatic heterocycles. The van der Waals surface area contributed by atoms with Gasteiger partial charge in [-0.15, -0.1) is 5.10 Å². The third-order valence-corrected chi connectivity index (χ3v) is 3.37. The molecule has 2 N–H and O–H groups in total. The molecule has 2 rings (SSSR count). The molecule has 0 saturated heterocycles. The van der Waals surface area contributed by atoms with Crippen molar-refractivity contribution in [3.05, 3.63) is 35.4 Å². The van der Waals surface area contributed by atoms with Gasteiger partial charge in [-0.1, -0.05) is 52.0 Å². The molecule has 1 aromatic carbocycles. The summed E-state index contributed by atoms with van der Waals surface area (Å²) < 4.78 is 0. The van der Waals surface area contributed by atoms with Crippen LogP contribution < -0.4 is 5.73 Å². The lowest BCUT2D eigenvalue weighted by atomic mass is 9.86. The van der Waals surface area contributed by atoms with Crippen LogP contribution >= 0.6 is 0 Å². The minimum Gasteiger partial charge on any atom is -0.385 e. The van der Waals surface area contributed by atoms with E-state index < -0.39 is 0 Å². The predicted octanol–water partition coefficient (Wildman–Crippen LogP) is 3.09. The van der Waals surface area contributed by atoms with Crippen molar-refractivity contribution in [2.24, 2.45) is 21.9 Å². The van der Waals surface area contributed by atoms with Crippen molar-refractivity contribution in [1.82, 2.24) is 0 Å². The standard InChI is InChI=1S/C15H21N3/c1-10-9-13(17-18-14(10)16)11-5-7-12(8-6-11)15(2,3)4/h5-8,10H,9H2,1-4H3,(H2,16,18). The highest BCUT2D eigenvalue weighted by Gasteiger charge is 2.18. The zero-order valence-corrected chi connectivity index (χ0v) is 11.6. The van der Waals surface area contributed by atoms with Crippen LogP contribution in [0.5, 0.6) is 0 Å². The van der Waals surface area contributed by atoms with Crippen LogP contribution in [0.4, 0.5) is 0 Å². The van der Waals surface area contributed by atoms with Crippen molar-refractivity contribution in [2.75, 3.05) is 0 Å². The van der Waals surface area contributed by atoms with E-state index in [1.165, 1.54) is 5.56 Å². The first-order chi connectivity index (χ1) is 8.38. The van der Waals surface area contributed by atoms with Crippen LogP contribution in [-0.2, 0) is 5.41 Å². The van der Waals surface area contributed by atoms with Crippen LogP contribution in [0.15, 0.2) is 34.5 Å². The number of nitrogens with zero attached hydrogens (tertiary/aromatic N) is 2. The third kappa shape index (κ3) is 2.61. The first-order valence-corrected chi connectivity index (χ1v) is 6.39. The van der Waals surface area contributed by atoms with Gasteiger partial charge in [0.05, 0.1) is 5.71 Å². The number of hydrogen-bond donors (Lipinski definition) is 1. The second kappa shape index (κ2) is 4.56. The molecule has 0 bridgehead atoms. The fourth-order valence-electron chi connectivity index (χ4n) is 1.99. The van der Waals surface area contributed by atoms with E-state index >= 15 is 0 Å². The fraction of sp³-hybridized carbons (Fsp3) is 0.467. The van der Waals surface area contributed by atoms with Gasteiger partial charge in [-0.05, 0) is 16.5 Å². The van der Waals surface area contributed by atoms with Crippen LogP contribution in [0, 0.1) is 5.92 Å². The van der Waals surface area contributed by atoms with Crippen molar-refractivity contribution < 1.29 is 0 Å². The quantitative estimate of drug-likeness (QED) is 0.809. The van der Waals surface area contributed by atoms with Crippen LogP contribution in [-0.4, -0.2) is 11.5 Å². The normalized spacial score (nSPS) is 20.3. The van der Waals surface area contributed by atoms with Crippen molar-refractivity contribution in [3.8, 4) is 0 Å². The lowest BCUT2D eigenvalue weighted by Gasteiger charge is -2.20. The van der Waals surface area contributed by atoms with E-state index in [1.807, 2.05) is 0 Å². The molecule has 1 unspecified atom stereocenters. The molecule has 0 fully saturated rings. The van der Waals surface area contributed by atoms with E-state index in [-0.39, 0.29) is 11.3 Å². The number of benzene rings is 1. The summed E-state index contributed by atoms with van der Waals surface area (Å²) in [5, 5.41) is 8.22. The largest absolute Gasteiger partial charge is 0.385 e. The molecular weight excluding hydrogens is 222 g/mol. The van der Waals surface area contributed by atoms with Gasteiger partial charge in [0, 0.05) is 12.3 Å². The molecule has 1 atom stereocenters. The summed E-state index contributed by atoms with van der Waals surface area (Å²) >= 11 is 0. The smallest absolute Gasteiger partial charge is 0.125 e. The molecule has 3 heteroatoms. The Labute approximate surface area is 109 Å². The average Bonchev–Trinajstić information content (AvgIpc) is 2.32. The molecule has 3 nitrogen and oxygen atoms in total. The Morgan fingerprint density at radius 2 is 1.72 bits per heavy atom. The summed E-state index contributed by atoms with van der Waals surface area (Å²) in [5.74, 6) is 0.907. The van der Waals surface area contributed by atoms with E-state index in [0.717, 1.165) is 17.7 Å². The van der Waals surface area contributed by atoms with Gasteiger partial charge in [0.1, 0.15) is 5.84 Å². The maximum atomic E-state index is 5.74. The lowest BCUT2D eigenvalue weighted by Crippen LogP contribution is -2.26. The summed E-state index contributed by atoms with van der Waals surface area (Å²) in [4.78, 5) is 0. The van der Waals surface area contributed by atoms with E-state index in [0.29, 0.717) is 5.84 Å². The van der Waals surface area contributed by atoms with Crippen molar-refractivity contribution in [3.63, 3.8) is 0 Å². The van der Waals surface area contributed by atoms with Crippen LogP contribution in [0.1, 0.15) is 45.2 Å². The van der Waals surface area contributed by atoms with Gasteiger partial charge >= 0.3 is 0 Å². The SMILES string of the molecule is CC1CC(c2ccc(C(C)(C)C)cc2)=NN=C1N. The Balaban J connectivity index is 2.26. The van der Waals surface area contributed by atoms with Crippen LogP contribution in [0.25, 0.3) is 0 Å². The average molecular weight is 243 g/mol. The highest BCUT2D eigenvalue weighted by molar-refractivity contribution is 6.04. The minimum atomic E-state index is 0.183. The van der Waals surface area contributed by atoms with Gasteiger partial charge < -0.3 is 5.73 Å². The third-order valence-electron chi connectivity index (χ3n) is 3.37. The first-order valence-electron chi connectivity index (χ1n) is 6.39. The number of amidine groups is 1. The Morgan fingerprint density at radius 3 is 2.22 bits per heavy atom. The van der Waals surface area contributed by atoms with Crippen LogP contribution in [0.3, 0.4) is 0 Å². The summed E-state index contributed by atoms with van der Waals surface area (Å²) in [7, 11) is 0. The molecule has 1 aromatic rings. The zero-order chi connectivity index (χ0) is 13.3. The van der Waals surface area contributed by atoms with Gasteiger partial charge in [-0.25, -0.2) is 0 Å². The maximum absolute atomic E-state index is 5.74. The Morgan fingerprint density at radius 1 is 1.11 bits per heavy atom. The first kappa shape index (κ1) is 12.8. The molecule has 1 heterocycles. The Kier molecular flexibility index (Phi) is 3.24. The van der Waals surface area contributed by atoms with Crippen LogP contribution in [0.2, 0.25) is 0 Å². The molecule has 0 amide bonds. The zero-order valence-electron chi connectivity index (χ0n) is 11.6. The molecule has 1 aliphatic heterocycles. The van der Waals surface area contributed by atoms with E-state index in [1.54, 1.807) is 0 Å². The molecule has 0 radical (unpaired) electrons. The number of rotatable bonds is 1. The predicted molar refractivity (Wildman–Crippen MR) is 77.1 cm³/mol. The van der Waals surface area contributed by atoms with Crippen molar-refractivity contribution in [2.45, 2.75) is 39.5 Å². The molecule has 96 valence electrons. The summed E-state index contributed by atoms with van der Waals surface area (Å²) in [6.45, 7) is 8.73. The highest BCUT2D eigenvalue weighted by atomic mass is 15.2. The van der Waals surface area contributed by atoms with Gasteiger partial charge in [0.2, 0.25) is 0 Å². The van der Waals surface area contributed by atoms with Gasteiger partial charge in [-0.3, -0.25) is 0 Å². The molecule has 1 aliphatic rings. The van der Waals surface area contributed by atoms with Gasteiger partial charge in [0.15, 0.2) is 0 Å². The van der Waals surface area contributed by atoms with E-state index in [4.69, 9.17) is 5.73 Å². The number of hydrogen-bond acceptors (Lipinski definition) is 3. The molecule has 0 aliphatic carbocycles. The molecule has 0 spiro atoms. The van der Waals surface area contributed by atoms with E-state index in [2.05, 4.69) is 62.2 Å². The monoisotopic (exact) mass is 243 g/mol. The summed E-state index contributed by atoms with van der Waals surface area (Å²) in [6, 6.07) is 8.60. The summed E-state index contributed by atoms with van der Waals surface area (Å²) in [5.41, 5.74) is 9.43. The minimum absolute atomic E-state index is 0.183. The molecular formula is C15H21N3. The van der Waals surface area contributed by atoms with Gasteiger partial charge in [0.25, 0.3) is 0 Å². The van der Waals surface area contributed by atoms with Gasteiger partial charge in [-0.2, -0.15) is 5.10 Å². The fourth-order valence-corrected chi connectivity index (χ4v) is 1.99. The lowest BCUT2D eigenvalue weighted by molar-refractivity contribution is 0.590. The molecule has 18 heavy (non-hydrogen) atoms. The number of nitrogens with two attached hydrogens (primary N) is 1. The maximum Gasteiger partial charge on any atom is 0.125 e. The summed E-state index contributed by atoms with van der Waals surface area (Å²) in [6.07, 6.45) is 0.865. The Hall–Kier alpha value is -1.64. The van der Waals surface area contributed by atoms with Crippen molar-refractivity contribution >= 4 is 11.5 Å². The second-order valence-corrected chi connectivity index (χ2v) is 6.00.